The minimum atomic E-state index is -1.32. The van der Waals surface area contributed by atoms with Crippen LogP contribution < -0.4 is 21.3 Å². The van der Waals surface area contributed by atoms with Crippen LogP contribution in [0.3, 0.4) is 0 Å². The van der Waals surface area contributed by atoms with Crippen LogP contribution in [0, 0.1) is 16.7 Å². The van der Waals surface area contributed by atoms with Crippen molar-refractivity contribution in [1.82, 2.24) is 21.3 Å². The number of carboxylic acid groups (broad SMARTS) is 2. The Bertz CT molecular complexity index is 1050. The third-order valence-corrected chi connectivity index (χ3v) is 7.72. The van der Waals surface area contributed by atoms with Gasteiger partial charge in [-0.05, 0) is 39.0 Å². The number of carbonyl (C=O) groups excluding carboxylic acids is 4. The van der Waals surface area contributed by atoms with E-state index < -0.39 is 40.6 Å². The molecule has 0 aliphatic carbocycles. The van der Waals surface area contributed by atoms with Crippen molar-refractivity contribution in [2.45, 2.75) is 99.0 Å². The van der Waals surface area contributed by atoms with Gasteiger partial charge in [0.25, 0.3) is 0 Å². The first-order valence-electron chi connectivity index (χ1n) is 17.9. The van der Waals surface area contributed by atoms with E-state index in [1.165, 1.54) is 33.1 Å². The van der Waals surface area contributed by atoms with Crippen LogP contribution in [0.25, 0.3) is 0 Å². The van der Waals surface area contributed by atoms with Crippen LogP contribution in [0.4, 0.5) is 0 Å². The summed E-state index contributed by atoms with van der Waals surface area (Å²) >= 11 is 0. The van der Waals surface area contributed by atoms with E-state index in [0.29, 0.717) is 19.7 Å². The molecule has 0 aliphatic heterocycles. The maximum atomic E-state index is 12.7. The normalized spacial score (nSPS) is 12.3. The molecule has 0 aromatic carbocycles. The number of carboxylic acids is 2. The van der Waals surface area contributed by atoms with Gasteiger partial charge >= 0.3 is 11.9 Å². The van der Waals surface area contributed by atoms with Gasteiger partial charge in [0.1, 0.15) is 19.3 Å². The number of hydrogen-bond acceptors (Lipinski definition) is 10. The summed E-state index contributed by atoms with van der Waals surface area (Å²) in [5.74, 6) is -3.14. The van der Waals surface area contributed by atoms with E-state index >= 15 is 0 Å². The lowest BCUT2D eigenvalue weighted by Gasteiger charge is -2.32. The predicted molar refractivity (Wildman–Crippen MR) is 189 cm³/mol. The number of rotatable bonds is 32. The van der Waals surface area contributed by atoms with Crippen molar-refractivity contribution in [3.63, 3.8) is 0 Å². The van der Waals surface area contributed by atoms with Crippen LogP contribution in [-0.4, -0.2) is 124 Å². The van der Waals surface area contributed by atoms with Crippen molar-refractivity contribution in [3.8, 4) is 0 Å². The summed E-state index contributed by atoms with van der Waals surface area (Å²) < 4.78 is 21.3. The SMILES string of the molecule is CC(C)CCCCCCNC(=O)COCCOCCNC(=O)COCCOCCNC(=O)CCC(NC(=O)C(C)(C)CC(C)(C)C(=O)O)C(=O)O. The molecular weight excluding hydrogens is 668 g/mol. The van der Waals surface area contributed by atoms with Crippen LogP contribution in [0.5, 0.6) is 0 Å². The zero-order chi connectivity index (χ0) is 38.7. The molecule has 0 fully saturated rings. The Labute approximate surface area is 302 Å². The zero-order valence-corrected chi connectivity index (χ0v) is 31.6. The smallest absolute Gasteiger partial charge is 0.326 e. The Morgan fingerprint density at radius 1 is 0.588 bits per heavy atom. The molecule has 0 aromatic heterocycles. The third kappa shape index (κ3) is 26.1. The summed E-state index contributed by atoms with van der Waals surface area (Å²) in [6.07, 6.45) is 5.40. The van der Waals surface area contributed by atoms with Crippen molar-refractivity contribution >= 4 is 35.6 Å². The van der Waals surface area contributed by atoms with Gasteiger partial charge in [-0.15, -0.1) is 0 Å². The van der Waals surface area contributed by atoms with E-state index in [2.05, 4.69) is 35.1 Å². The Morgan fingerprint density at radius 2 is 1.08 bits per heavy atom. The number of carbonyl (C=O) groups is 6. The van der Waals surface area contributed by atoms with Gasteiger partial charge < -0.3 is 50.4 Å². The molecule has 16 heteroatoms. The maximum Gasteiger partial charge on any atom is 0.326 e. The molecule has 0 aliphatic rings. The summed E-state index contributed by atoms with van der Waals surface area (Å²) in [6.45, 7) is 12.8. The van der Waals surface area contributed by atoms with Gasteiger partial charge in [-0.25, -0.2) is 4.79 Å². The molecule has 0 heterocycles. The number of unbranched alkanes of at least 4 members (excludes halogenated alkanes) is 3. The molecule has 51 heavy (non-hydrogen) atoms. The summed E-state index contributed by atoms with van der Waals surface area (Å²) in [4.78, 5) is 71.6. The van der Waals surface area contributed by atoms with E-state index in [1.54, 1.807) is 13.8 Å². The summed E-state index contributed by atoms with van der Waals surface area (Å²) in [7, 11) is 0. The van der Waals surface area contributed by atoms with E-state index in [4.69, 9.17) is 18.9 Å². The van der Waals surface area contributed by atoms with Crippen LogP contribution in [0.1, 0.15) is 92.9 Å². The molecular formula is C35H64N4O12. The van der Waals surface area contributed by atoms with Crippen molar-refractivity contribution in [1.29, 1.82) is 0 Å². The number of ether oxygens (including phenoxy) is 4. The Morgan fingerprint density at radius 3 is 1.59 bits per heavy atom. The third-order valence-electron chi connectivity index (χ3n) is 7.72. The Balaban J connectivity index is 3.81. The average Bonchev–Trinajstić information content (AvgIpc) is 3.03. The second-order valence-corrected chi connectivity index (χ2v) is 14.1. The van der Waals surface area contributed by atoms with Crippen LogP contribution in [-0.2, 0) is 47.7 Å². The van der Waals surface area contributed by atoms with Crippen LogP contribution >= 0.6 is 0 Å². The number of aliphatic carboxylic acids is 2. The summed E-state index contributed by atoms with van der Waals surface area (Å²) in [6, 6.07) is -1.32. The first-order valence-corrected chi connectivity index (χ1v) is 17.9. The van der Waals surface area contributed by atoms with Crippen molar-refractivity contribution in [2.75, 3.05) is 72.5 Å². The lowest BCUT2D eigenvalue weighted by atomic mass is 9.74. The van der Waals surface area contributed by atoms with Crippen LogP contribution in [0.2, 0.25) is 0 Å². The minimum absolute atomic E-state index is 0.0117. The summed E-state index contributed by atoms with van der Waals surface area (Å²) in [5.41, 5.74) is -2.34. The second kappa shape index (κ2) is 27.3. The van der Waals surface area contributed by atoms with Gasteiger partial charge in [0, 0.05) is 31.5 Å². The first-order chi connectivity index (χ1) is 24.0. The molecule has 0 bridgehead atoms. The monoisotopic (exact) mass is 732 g/mol. The van der Waals surface area contributed by atoms with E-state index in [9.17, 15) is 39.0 Å². The molecule has 0 aromatic rings. The molecule has 4 amide bonds. The maximum absolute atomic E-state index is 12.7. The lowest BCUT2D eigenvalue weighted by molar-refractivity contribution is -0.151. The largest absolute Gasteiger partial charge is 0.481 e. The molecule has 296 valence electrons. The van der Waals surface area contributed by atoms with Gasteiger partial charge in [0.05, 0.1) is 45.1 Å². The second-order valence-electron chi connectivity index (χ2n) is 14.1. The van der Waals surface area contributed by atoms with Crippen LogP contribution in [0.15, 0.2) is 0 Å². The molecule has 1 unspecified atom stereocenters. The molecule has 6 N–H and O–H groups in total. The highest BCUT2D eigenvalue weighted by molar-refractivity contribution is 5.88. The molecule has 0 radical (unpaired) electrons. The van der Waals surface area contributed by atoms with Gasteiger partial charge in [0.15, 0.2) is 0 Å². The molecule has 0 saturated heterocycles. The van der Waals surface area contributed by atoms with Gasteiger partial charge in [-0.3, -0.25) is 24.0 Å². The highest BCUT2D eigenvalue weighted by atomic mass is 16.5. The van der Waals surface area contributed by atoms with Crippen molar-refractivity contribution in [3.05, 3.63) is 0 Å². The Kier molecular flexibility index (Phi) is 25.5. The fraction of sp³-hybridized carbons (Fsp3) is 0.829. The fourth-order valence-corrected chi connectivity index (χ4v) is 4.89. The predicted octanol–water partition coefficient (Wildman–Crippen LogP) is 1.88. The van der Waals surface area contributed by atoms with Gasteiger partial charge in [-0.2, -0.15) is 0 Å². The molecule has 16 nitrogen and oxygen atoms in total. The molecule has 0 saturated carbocycles. The van der Waals surface area contributed by atoms with E-state index in [0.717, 1.165) is 18.8 Å². The minimum Gasteiger partial charge on any atom is -0.481 e. The lowest BCUT2D eigenvalue weighted by Crippen LogP contribution is -2.48. The van der Waals surface area contributed by atoms with E-state index in [1.807, 2.05) is 0 Å². The molecule has 0 spiro atoms. The topological polar surface area (TPSA) is 228 Å². The average molecular weight is 733 g/mol. The number of hydrogen-bond donors (Lipinski definition) is 6. The molecule has 1 atom stereocenters. The molecule has 0 rings (SSSR count). The summed E-state index contributed by atoms with van der Waals surface area (Å²) in [5, 5.41) is 29.4. The standard InChI is InChI=1S/C35H64N4O12/c1-26(2)11-9-7-8-10-14-36-29(41)23-50-21-20-49-18-16-38-30(42)24-51-22-19-48-17-15-37-28(40)13-12-27(31(43)44)39-32(45)34(3,4)25-35(5,6)33(46)47/h26-27H,7-25H2,1-6H3,(H,36,41)(H,37,40)(H,38,42)(H,39,45)(H,43,44)(H,46,47). The highest BCUT2D eigenvalue weighted by Crippen LogP contribution is 2.34. The number of amides is 4. The van der Waals surface area contributed by atoms with Gasteiger partial charge in [-0.1, -0.05) is 53.4 Å². The highest BCUT2D eigenvalue weighted by Gasteiger charge is 2.40. The quantitative estimate of drug-likeness (QED) is 0.0545. The Hall–Kier alpha value is -3.34. The fourth-order valence-electron chi connectivity index (χ4n) is 4.89. The first kappa shape index (κ1) is 47.7. The van der Waals surface area contributed by atoms with Crippen molar-refractivity contribution in [2.24, 2.45) is 16.7 Å². The van der Waals surface area contributed by atoms with E-state index in [-0.39, 0.29) is 83.9 Å². The zero-order valence-electron chi connectivity index (χ0n) is 31.6. The number of nitrogens with one attached hydrogen (secondary N) is 4. The van der Waals surface area contributed by atoms with Gasteiger partial charge in [0.2, 0.25) is 23.6 Å². The van der Waals surface area contributed by atoms with Crippen molar-refractivity contribution < 1.29 is 57.9 Å².